The van der Waals surface area contributed by atoms with Crippen molar-refractivity contribution < 1.29 is 13.2 Å². The predicted molar refractivity (Wildman–Crippen MR) is 118 cm³/mol. The lowest BCUT2D eigenvalue weighted by Crippen LogP contribution is -2.17. The van der Waals surface area contributed by atoms with Gasteiger partial charge in [-0.3, -0.25) is 14.5 Å². The van der Waals surface area contributed by atoms with Crippen LogP contribution in [0.2, 0.25) is 10.0 Å². The molecular formula is C19H14Cl2N6O3S. The minimum Gasteiger partial charge on any atom is -0.340 e. The Kier molecular flexibility index (Phi) is 5.52. The quantitative estimate of drug-likeness (QED) is 0.452. The number of pyridine rings is 1. The van der Waals surface area contributed by atoms with E-state index in [1.54, 1.807) is 29.8 Å². The van der Waals surface area contributed by atoms with Crippen molar-refractivity contribution >= 4 is 61.5 Å². The molecule has 3 heterocycles. The number of sulfonamides is 1. The zero-order chi connectivity index (χ0) is 22.2. The lowest BCUT2D eigenvalue weighted by atomic mass is 10.2. The molecule has 0 saturated carbocycles. The van der Waals surface area contributed by atoms with Crippen LogP contribution in [0.4, 0.5) is 11.5 Å². The molecule has 0 atom stereocenters. The van der Waals surface area contributed by atoms with Gasteiger partial charge >= 0.3 is 0 Å². The molecular weight excluding hydrogens is 463 g/mol. The lowest BCUT2D eigenvalue weighted by molar-refractivity contribution is 0.101. The van der Waals surface area contributed by atoms with E-state index >= 15 is 0 Å². The second-order valence-electron chi connectivity index (χ2n) is 6.42. The summed E-state index contributed by atoms with van der Waals surface area (Å²) in [7, 11) is -2.22. The van der Waals surface area contributed by atoms with Crippen LogP contribution in [-0.2, 0) is 17.1 Å². The number of carbonyl (C=O) groups is 1. The molecule has 0 aliphatic carbocycles. The zero-order valence-electron chi connectivity index (χ0n) is 15.9. The number of carbonyl (C=O) groups excluding carboxylic acids is 1. The van der Waals surface area contributed by atoms with Gasteiger partial charge in [-0.2, -0.15) is 8.42 Å². The number of halogens is 2. The number of benzene rings is 1. The maximum absolute atomic E-state index is 12.7. The molecule has 0 unspecified atom stereocenters. The first-order valence-electron chi connectivity index (χ1n) is 8.76. The van der Waals surface area contributed by atoms with Crippen LogP contribution in [0.25, 0.3) is 10.9 Å². The van der Waals surface area contributed by atoms with Crippen molar-refractivity contribution in [2.75, 3.05) is 10.0 Å². The van der Waals surface area contributed by atoms with E-state index in [1.807, 2.05) is 0 Å². The summed E-state index contributed by atoms with van der Waals surface area (Å²) in [5.74, 6) is -0.350. The molecule has 1 aromatic carbocycles. The summed E-state index contributed by atoms with van der Waals surface area (Å²) in [6, 6.07) is 7.77. The Morgan fingerprint density at radius 1 is 1.06 bits per heavy atom. The number of rotatable bonds is 5. The topological polar surface area (TPSA) is 119 Å². The molecule has 1 amide bonds. The van der Waals surface area contributed by atoms with E-state index in [4.69, 9.17) is 23.2 Å². The Morgan fingerprint density at radius 2 is 1.87 bits per heavy atom. The Balaban J connectivity index is 1.54. The van der Waals surface area contributed by atoms with Crippen molar-refractivity contribution in [2.24, 2.45) is 7.05 Å². The van der Waals surface area contributed by atoms with E-state index in [0.29, 0.717) is 26.8 Å². The van der Waals surface area contributed by atoms with Gasteiger partial charge in [-0.05, 0) is 30.3 Å². The monoisotopic (exact) mass is 476 g/mol. The van der Waals surface area contributed by atoms with Gasteiger partial charge in [0.05, 0.1) is 28.1 Å². The highest BCUT2D eigenvalue weighted by Gasteiger charge is 2.19. The number of aromatic nitrogens is 4. The van der Waals surface area contributed by atoms with Gasteiger partial charge in [-0.15, -0.1) is 0 Å². The maximum atomic E-state index is 12.7. The molecule has 3 aromatic heterocycles. The van der Waals surface area contributed by atoms with Crippen molar-refractivity contribution in [3.05, 3.63) is 70.9 Å². The van der Waals surface area contributed by atoms with E-state index in [2.05, 4.69) is 25.0 Å². The van der Waals surface area contributed by atoms with Gasteiger partial charge in [0.1, 0.15) is 5.69 Å². The van der Waals surface area contributed by atoms with Crippen LogP contribution in [0.15, 0.2) is 60.1 Å². The van der Waals surface area contributed by atoms with Gasteiger partial charge in [-0.1, -0.05) is 23.2 Å². The number of hydrogen-bond acceptors (Lipinski definition) is 6. The highest BCUT2D eigenvalue weighted by atomic mass is 35.5. The maximum Gasteiger partial charge on any atom is 0.280 e. The van der Waals surface area contributed by atoms with E-state index < -0.39 is 15.9 Å². The van der Waals surface area contributed by atoms with Gasteiger partial charge in [0.2, 0.25) is 0 Å². The smallest absolute Gasteiger partial charge is 0.280 e. The zero-order valence-corrected chi connectivity index (χ0v) is 18.2. The summed E-state index contributed by atoms with van der Waals surface area (Å²) < 4.78 is 28.8. The molecule has 0 spiro atoms. The Labute approximate surface area is 187 Å². The first kappa shape index (κ1) is 21.0. The molecule has 158 valence electrons. The molecule has 9 nitrogen and oxygen atoms in total. The first-order chi connectivity index (χ1) is 14.8. The average Bonchev–Trinajstić information content (AvgIpc) is 3.09. The van der Waals surface area contributed by atoms with Gasteiger partial charge in [-0.25, -0.2) is 9.97 Å². The summed E-state index contributed by atoms with van der Waals surface area (Å²) in [6.07, 6.45) is 5.30. The Hall–Kier alpha value is -3.21. The highest BCUT2D eigenvalue weighted by molar-refractivity contribution is 7.92. The van der Waals surface area contributed by atoms with Gasteiger partial charge in [0.25, 0.3) is 15.9 Å². The number of nitrogens with one attached hydrogen (secondary N) is 2. The molecule has 4 aromatic rings. The lowest BCUT2D eigenvalue weighted by Gasteiger charge is -2.08. The van der Waals surface area contributed by atoms with Crippen molar-refractivity contribution in [1.29, 1.82) is 0 Å². The van der Waals surface area contributed by atoms with Crippen molar-refractivity contribution in [3.8, 4) is 0 Å². The third-order valence-corrected chi connectivity index (χ3v) is 6.51. The Morgan fingerprint density at radius 3 is 2.55 bits per heavy atom. The van der Waals surface area contributed by atoms with Crippen LogP contribution in [-0.4, -0.2) is 33.8 Å². The van der Waals surface area contributed by atoms with E-state index in [0.717, 1.165) is 5.52 Å². The SMILES string of the molecule is Cn1c(C(=O)Nc2ccc(S(=O)(=O)Nc3cnccn3)nc2)cc2c(Cl)c(Cl)ccc21. The van der Waals surface area contributed by atoms with E-state index in [1.165, 1.54) is 36.9 Å². The normalized spacial score (nSPS) is 11.5. The molecule has 31 heavy (non-hydrogen) atoms. The van der Waals surface area contributed by atoms with Crippen LogP contribution in [0.3, 0.4) is 0 Å². The van der Waals surface area contributed by atoms with E-state index in [9.17, 15) is 13.2 Å². The largest absolute Gasteiger partial charge is 0.340 e. The second-order valence-corrected chi connectivity index (χ2v) is 8.83. The predicted octanol–water partition coefficient (Wildman–Crippen LogP) is 3.72. The number of amides is 1. The third-order valence-electron chi connectivity index (χ3n) is 4.42. The standard InChI is InChI=1S/C19H14Cl2N6O3S/c1-27-14-4-3-13(20)18(21)12(14)8-15(27)19(28)25-11-2-5-17(24-9-11)31(29,30)26-16-10-22-6-7-23-16/h2-10H,1H3,(H,23,26)(H,25,28). The van der Waals surface area contributed by atoms with Gasteiger partial charge < -0.3 is 9.88 Å². The summed E-state index contributed by atoms with van der Waals surface area (Å²) in [6.45, 7) is 0. The molecule has 12 heteroatoms. The number of fused-ring (bicyclic) bond motifs is 1. The van der Waals surface area contributed by atoms with E-state index in [-0.39, 0.29) is 10.8 Å². The van der Waals surface area contributed by atoms with Crippen LogP contribution in [0.1, 0.15) is 10.5 Å². The summed E-state index contributed by atoms with van der Waals surface area (Å²) in [5, 5.41) is 3.86. The number of hydrogen-bond donors (Lipinski definition) is 2. The van der Waals surface area contributed by atoms with Crippen molar-refractivity contribution in [2.45, 2.75) is 5.03 Å². The van der Waals surface area contributed by atoms with Gasteiger partial charge in [0, 0.05) is 30.3 Å². The minimum atomic E-state index is -3.95. The van der Waals surface area contributed by atoms with Crippen LogP contribution in [0, 0.1) is 0 Å². The summed E-state index contributed by atoms with van der Waals surface area (Å²) in [4.78, 5) is 24.3. The summed E-state index contributed by atoms with van der Waals surface area (Å²) >= 11 is 12.3. The molecule has 0 saturated heterocycles. The molecule has 0 radical (unpaired) electrons. The number of aryl methyl sites for hydroxylation is 1. The molecule has 0 aliphatic heterocycles. The summed E-state index contributed by atoms with van der Waals surface area (Å²) in [5.41, 5.74) is 1.41. The molecule has 2 N–H and O–H groups in total. The molecule has 0 bridgehead atoms. The fourth-order valence-electron chi connectivity index (χ4n) is 2.92. The van der Waals surface area contributed by atoms with Crippen molar-refractivity contribution in [1.82, 2.24) is 19.5 Å². The Bertz CT molecular complexity index is 1390. The average molecular weight is 477 g/mol. The first-order valence-corrected chi connectivity index (χ1v) is 11.0. The number of anilines is 2. The molecule has 0 aliphatic rings. The third kappa shape index (κ3) is 4.18. The number of nitrogens with zero attached hydrogens (tertiary/aromatic N) is 4. The molecule has 0 fully saturated rings. The van der Waals surface area contributed by atoms with Crippen LogP contribution >= 0.6 is 23.2 Å². The highest BCUT2D eigenvalue weighted by Crippen LogP contribution is 2.32. The minimum absolute atomic E-state index is 0.0659. The fraction of sp³-hybridized carbons (Fsp3) is 0.0526. The van der Waals surface area contributed by atoms with Crippen LogP contribution in [0.5, 0.6) is 0 Å². The molecule has 4 rings (SSSR count). The van der Waals surface area contributed by atoms with Crippen LogP contribution < -0.4 is 10.0 Å². The van der Waals surface area contributed by atoms with Gasteiger partial charge in [0.15, 0.2) is 10.8 Å². The second kappa shape index (κ2) is 8.14. The fourth-order valence-corrected chi connectivity index (χ4v) is 4.22. The van der Waals surface area contributed by atoms with Crippen molar-refractivity contribution in [3.63, 3.8) is 0 Å².